The van der Waals surface area contributed by atoms with Crippen LogP contribution in [-0.2, 0) is 463 Å². The molecule has 3 heterocycles. The molecule has 0 amide bonds. The number of pyridine rings is 1. The Hall–Kier alpha value is 8.82. The van der Waals surface area contributed by atoms with E-state index in [1.165, 1.54) is 23.5 Å². The number of hydrogen-bond donors (Lipinski definition) is 0. The monoisotopic (exact) mass is 2040 g/mol. The van der Waals surface area contributed by atoms with Crippen molar-refractivity contribution < 1.29 is 9.31 Å². The maximum Gasteiger partial charge on any atom is 0.494 e. The highest BCUT2D eigenvalue weighted by Gasteiger charge is 2.61. The fourth-order valence-electron chi connectivity index (χ4n) is 6.91. The molecule has 2 aromatic heterocycles. The topological polar surface area (TPSA) is 52.8 Å². The van der Waals surface area contributed by atoms with Crippen LogP contribution in [0.1, 0.15) is 85.9 Å². The molecular weight excluding hydrogens is 2010 g/mol. The minimum Gasteiger partial charge on any atom is -0.399 e. The number of benzene rings is 1. The van der Waals surface area contributed by atoms with Crippen LogP contribution in [0.25, 0.3) is 16.4 Å². The lowest BCUT2D eigenvalue weighted by Gasteiger charge is -2.35. The number of nitrogens with zero attached hydrogens (tertiary/aromatic N) is 2. The fourth-order valence-corrected chi connectivity index (χ4v) is 133. The molecule has 56 heteroatoms. The van der Waals surface area contributed by atoms with Crippen molar-refractivity contribution in [2.75, 3.05) is 0 Å². The maximum absolute atomic E-state index is 13.2. The molecule has 3 aromatic rings. The van der Waals surface area contributed by atoms with Crippen molar-refractivity contribution in [3.05, 3.63) is 52.1 Å². The Bertz CT molecular complexity index is 5240. The summed E-state index contributed by atoms with van der Waals surface area (Å²) >= 11 is 9.62. The van der Waals surface area contributed by atoms with Crippen LogP contribution in [0.4, 0.5) is 0 Å². The van der Waals surface area contributed by atoms with Gasteiger partial charge in [0.1, 0.15) is 5.65 Å². The van der Waals surface area contributed by atoms with Crippen molar-refractivity contribution in [2.24, 2.45) is 5.41 Å². The molecule has 1 aromatic carbocycles. The van der Waals surface area contributed by atoms with E-state index >= 15 is 0 Å². The Morgan fingerprint density at radius 3 is 1.07 bits per heavy atom. The van der Waals surface area contributed by atoms with E-state index < -0.39 is 7.12 Å². The molecule has 3 aliphatic rings. The molecule has 474 valence electrons. The first-order valence-electron chi connectivity index (χ1n) is 19.9. The Morgan fingerprint density at radius 1 is 0.470 bits per heavy atom. The first-order valence-corrected chi connectivity index (χ1v) is 85.2. The lowest BCUT2D eigenvalue weighted by atomic mass is 9.70. The van der Waals surface area contributed by atoms with Gasteiger partial charge in [-0.1, -0.05) is 46.4 Å². The third kappa shape index (κ3) is 31.1. The summed E-state index contributed by atoms with van der Waals surface area (Å²) in [6.45, 7) is 15.2. The van der Waals surface area contributed by atoms with Gasteiger partial charge in [-0.15, -0.1) is 0 Å². The Balaban J connectivity index is 0.000000380. The van der Waals surface area contributed by atoms with Gasteiger partial charge in [0.05, 0.1) is 11.2 Å². The summed E-state index contributed by atoms with van der Waals surface area (Å²) in [5.41, 5.74) is 3.07. The maximum atomic E-state index is 13.2. The first-order chi connectivity index (χ1) is 39.8. The van der Waals surface area contributed by atoms with Crippen LogP contribution in [0.15, 0.2) is 35.3 Å². The summed E-state index contributed by atoms with van der Waals surface area (Å²) in [5, 5.41) is 2.02. The van der Waals surface area contributed by atoms with Gasteiger partial charge in [0.25, 0.3) is 5.56 Å². The second-order valence-corrected chi connectivity index (χ2v) is 100.0. The summed E-state index contributed by atoms with van der Waals surface area (Å²) in [4.78, 5) is 17.9. The number of hydrogen-bond acceptors (Lipinski definition) is 6. The molecule has 1 saturated heterocycles. The van der Waals surface area contributed by atoms with Crippen molar-refractivity contribution in [1.29, 1.82) is 0 Å². The molecule has 0 N–H and O–H groups in total. The summed E-state index contributed by atoms with van der Waals surface area (Å²) in [7, 11) is 85.3. The van der Waals surface area contributed by atoms with Gasteiger partial charge in [0.2, 0.25) is 0 Å². The molecular formula is C27H35BN2O3S50. The van der Waals surface area contributed by atoms with E-state index in [2.05, 4.69) is 82.2 Å². The number of aromatic nitrogens is 2. The second kappa shape index (κ2) is 50.2. The van der Waals surface area contributed by atoms with Gasteiger partial charge in [0.15, 0.2) is 0 Å². The largest absolute Gasteiger partial charge is 0.494 e. The van der Waals surface area contributed by atoms with E-state index in [0.717, 1.165) is 40.3 Å². The summed E-state index contributed by atoms with van der Waals surface area (Å²) in [5.74, 6) is 0.292. The zero-order valence-electron chi connectivity index (χ0n) is 40.5. The Labute approximate surface area is 630 Å². The lowest BCUT2D eigenvalue weighted by Crippen LogP contribution is -2.41. The second-order valence-electron chi connectivity index (χ2n) is 15.0. The minimum absolute atomic E-state index is 0. The van der Waals surface area contributed by atoms with E-state index in [1.54, 1.807) is 107 Å². The lowest BCUT2D eigenvalue weighted by molar-refractivity contribution is 0.00578. The van der Waals surface area contributed by atoms with Crippen LogP contribution in [0.2, 0.25) is 0 Å². The van der Waals surface area contributed by atoms with Crippen LogP contribution in [-0.4, -0.2) is 27.7 Å². The number of fused-ring (bicyclic) bond motifs is 9. The molecule has 0 spiro atoms. The third-order valence-electron chi connectivity index (χ3n) is 10.8. The van der Waals surface area contributed by atoms with Crippen molar-refractivity contribution in [1.82, 2.24) is 9.38 Å². The van der Waals surface area contributed by atoms with Crippen LogP contribution >= 0.6 is 0 Å². The fraction of sp³-hybridized carbons (Fsp3) is 0.556. The summed E-state index contributed by atoms with van der Waals surface area (Å²) < 4.78 is 14.7. The van der Waals surface area contributed by atoms with Gasteiger partial charge < -0.3 is 13.7 Å². The van der Waals surface area contributed by atoms with Gasteiger partial charge in [-0.25, -0.2) is 0 Å². The highest BCUT2D eigenvalue weighted by molar-refractivity contribution is 8.82. The molecule has 1 saturated carbocycles. The van der Waals surface area contributed by atoms with Gasteiger partial charge in [0, 0.05) is 477 Å². The van der Waals surface area contributed by atoms with Crippen LogP contribution in [0.3, 0.4) is 0 Å². The van der Waals surface area contributed by atoms with Crippen molar-refractivity contribution >= 4 is 478 Å². The van der Waals surface area contributed by atoms with Crippen LogP contribution in [0, 0.1) is 5.41 Å². The van der Waals surface area contributed by atoms with Crippen molar-refractivity contribution in [3.8, 4) is 0 Å². The smallest absolute Gasteiger partial charge is 0.399 e. The predicted molar refractivity (Wildman–Crippen MR) is 503 cm³/mol. The quantitative estimate of drug-likeness (QED) is 0.258. The highest BCUT2D eigenvalue weighted by atomic mass is 33.5. The van der Waals surface area contributed by atoms with Crippen molar-refractivity contribution in [2.45, 2.75) is 91.3 Å². The highest BCUT2D eigenvalue weighted by Crippen LogP contribution is 2.66. The zero-order chi connectivity index (χ0) is 58.8. The molecule has 2 bridgehead atoms. The Kier molecular flexibility index (Phi) is 50.9. The van der Waals surface area contributed by atoms with Gasteiger partial charge in [-0.2, -0.15) is 4.98 Å². The molecule has 2 atom stereocenters. The third-order valence-corrected chi connectivity index (χ3v) is 115. The molecule has 6 rings (SSSR count). The van der Waals surface area contributed by atoms with Crippen molar-refractivity contribution in [3.63, 3.8) is 0 Å². The Morgan fingerprint density at radius 2 is 0.771 bits per heavy atom. The molecule has 0 radical (unpaired) electrons. The summed E-state index contributed by atoms with van der Waals surface area (Å²) in [6.07, 6.45) is 4.28. The zero-order valence-corrected chi connectivity index (χ0v) is 81.3. The SMILES string of the molecule is C.CC1(C)OB(c2ccc3c(ccn4c5c(c(=O)nc34)C3CCC5(C)C3(C)C)c2)OC1(C)C.S=S=S=S=S=S=S=S=S=S=S=S=S=S=S=S=S=S=S=S=S=S=S=S=S=S=S=S=S=S=S=S=S=S=S=S=S=S=S=S=S=S=S=S=S=S=S=S=S=S. The number of rotatable bonds is 1. The van der Waals surface area contributed by atoms with Gasteiger partial charge >= 0.3 is 7.12 Å². The van der Waals surface area contributed by atoms with E-state index in [-0.39, 0.29) is 35.0 Å². The average molecular weight is 2050 g/mol. The molecule has 1 aliphatic heterocycles. The first kappa shape index (κ1) is 84.2. The van der Waals surface area contributed by atoms with E-state index in [1.807, 2.05) is 308 Å². The van der Waals surface area contributed by atoms with E-state index in [4.69, 9.17) is 31.7 Å². The molecule has 2 aliphatic carbocycles. The molecule has 83 heavy (non-hydrogen) atoms. The normalized spacial score (nSPS) is 15.9. The van der Waals surface area contributed by atoms with Gasteiger partial charge in [-0.3, -0.25) is 4.79 Å². The summed E-state index contributed by atoms with van der Waals surface area (Å²) in [6, 6.07) is 8.34. The van der Waals surface area contributed by atoms with Crippen LogP contribution < -0.4 is 11.0 Å². The standard InChI is InChI=1S/C26H31BN2O3.CH4.S50/c1-23(2)18-10-12-26(23,7)20-19(18)22(30)28-21-17-9-8-16(14-15(17)11-13-29(20)21)27-31-24(3,4)25(5,6)32-27;;1-3-5-7-9-11-13-15-17-19-21-23-25-27-29-31-33-35-37-39-41-43-45-47-49-50-48-46-44-42-40-38-36-34-32-30-28-26-24-22-20-18-16-14-12-10-8-6-4-2/h8-9,11,13-14,18H,10,12H2,1-7H3;1H4;. The molecule has 2 fully saturated rings. The average Bonchev–Trinajstić information content (AvgIpc) is 2.29. The predicted octanol–water partition coefficient (Wildman–Crippen LogP) is 4.84. The van der Waals surface area contributed by atoms with Crippen LogP contribution in [0.5, 0.6) is 0 Å². The molecule has 5 nitrogen and oxygen atoms in total. The molecule has 2 unspecified atom stereocenters. The van der Waals surface area contributed by atoms with E-state index in [0.29, 0.717) is 5.92 Å². The minimum atomic E-state index is -0.411. The van der Waals surface area contributed by atoms with Gasteiger partial charge in [-0.05, 0) is 68.8 Å². The van der Waals surface area contributed by atoms with E-state index in [9.17, 15) is 4.79 Å².